The molecule has 0 radical (unpaired) electrons. The predicted molar refractivity (Wildman–Crippen MR) is 110 cm³/mol. The third-order valence-electron chi connectivity index (χ3n) is 5.33. The maximum atomic E-state index is 12.7. The Kier molecular flexibility index (Phi) is 5.50. The predicted octanol–water partition coefficient (Wildman–Crippen LogP) is 5.67. The Labute approximate surface area is 164 Å². The molecule has 2 aromatic rings. The molecule has 3 rings (SSSR count). The summed E-state index contributed by atoms with van der Waals surface area (Å²) in [5.41, 5.74) is 9.35. The summed E-state index contributed by atoms with van der Waals surface area (Å²) in [4.78, 5) is 2.13. The summed E-state index contributed by atoms with van der Waals surface area (Å²) in [5, 5.41) is 3.56. The van der Waals surface area contributed by atoms with Gasteiger partial charge in [0.2, 0.25) is 0 Å². The van der Waals surface area contributed by atoms with Crippen molar-refractivity contribution < 1.29 is 13.2 Å². The second-order valence-corrected chi connectivity index (χ2v) is 8.50. The van der Waals surface area contributed by atoms with Crippen molar-refractivity contribution in [3.05, 3.63) is 53.6 Å². The standard InChI is InChI=1S/C22H28F3N3/c1-21(2,3)16-6-9-19(26)20(14-16)27-17-10-12-28(13-11-17)18-7-4-15(5-8-18)22(23,24)25/h4-9,14,17,27H,10-13,26H2,1-3H3. The summed E-state index contributed by atoms with van der Waals surface area (Å²) in [6, 6.07) is 11.8. The number of piperidine rings is 1. The molecule has 1 aliphatic heterocycles. The van der Waals surface area contributed by atoms with E-state index in [1.54, 1.807) is 12.1 Å². The Balaban J connectivity index is 1.62. The first kappa shape index (κ1) is 20.4. The van der Waals surface area contributed by atoms with Gasteiger partial charge < -0.3 is 16.0 Å². The summed E-state index contributed by atoms with van der Waals surface area (Å²) in [5.74, 6) is 0. The van der Waals surface area contributed by atoms with Crippen LogP contribution >= 0.6 is 0 Å². The van der Waals surface area contributed by atoms with E-state index in [0.717, 1.165) is 55.1 Å². The lowest BCUT2D eigenvalue weighted by atomic mass is 9.86. The van der Waals surface area contributed by atoms with Crippen LogP contribution in [0.5, 0.6) is 0 Å². The lowest BCUT2D eigenvalue weighted by Crippen LogP contribution is -2.39. The van der Waals surface area contributed by atoms with E-state index in [2.05, 4.69) is 43.1 Å². The van der Waals surface area contributed by atoms with E-state index >= 15 is 0 Å². The second kappa shape index (κ2) is 7.57. The maximum absolute atomic E-state index is 12.7. The van der Waals surface area contributed by atoms with Gasteiger partial charge in [-0.2, -0.15) is 13.2 Å². The first-order valence-corrected chi connectivity index (χ1v) is 9.63. The number of nitrogens with zero attached hydrogens (tertiary/aromatic N) is 1. The van der Waals surface area contributed by atoms with Gasteiger partial charge >= 0.3 is 6.18 Å². The van der Waals surface area contributed by atoms with Crippen molar-refractivity contribution in [3.63, 3.8) is 0 Å². The molecule has 0 amide bonds. The Bertz CT molecular complexity index is 799. The van der Waals surface area contributed by atoms with Crippen LogP contribution in [0.3, 0.4) is 0 Å². The van der Waals surface area contributed by atoms with E-state index in [4.69, 9.17) is 5.73 Å². The second-order valence-electron chi connectivity index (χ2n) is 8.50. The molecule has 2 aromatic carbocycles. The zero-order valence-corrected chi connectivity index (χ0v) is 16.6. The molecule has 1 saturated heterocycles. The molecule has 152 valence electrons. The lowest BCUT2D eigenvalue weighted by molar-refractivity contribution is -0.137. The van der Waals surface area contributed by atoms with E-state index in [1.807, 2.05) is 6.07 Å². The Morgan fingerprint density at radius 1 is 0.929 bits per heavy atom. The largest absolute Gasteiger partial charge is 0.416 e. The number of nitrogens with one attached hydrogen (secondary N) is 1. The highest BCUT2D eigenvalue weighted by Crippen LogP contribution is 2.32. The quantitative estimate of drug-likeness (QED) is 0.663. The lowest BCUT2D eigenvalue weighted by Gasteiger charge is -2.35. The number of nitrogen functional groups attached to an aromatic ring is 1. The first-order valence-electron chi connectivity index (χ1n) is 9.63. The highest BCUT2D eigenvalue weighted by atomic mass is 19.4. The minimum Gasteiger partial charge on any atom is -0.397 e. The van der Waals surface area contributed by atoms with Crippen molar-refractivity contribution in [2.45, 2.75) is 51.2 Å². The molecule has 1 fully saturated rings. The zero-order chi connectivity index (χ0) is 20.5. The summed E-state index contributed by atoms with van der Waals surface area (Å²) in [7, 11) is 0. The number of alkyl halides is 3. The van der Waals surface area contributed by atoms with Crippen LogP contribution in [0, 0.1) is 0 Å². The summed E-state index contributed by atoms with van der Waals surface area (Å²) < 4.78 is 38.2. The average Bonchev–Trinajstić information content (AvgIpc) is 2.63. The molecule has 0 saturated carbocycles. The fourth-order valence-electron chi connectivity index (χ4n) is 3.51. The van der Waals surface area contributed by atoms with E-state index in [9.17, 15) is 13.2 Å². The van der Waals surface area contributed by atoms with Crippen LogP contribution in [0.1, 0.15) is 44.7 Å². The average molecular weight is 391 g/mol. The van der Waals surface area contributed by atoms with Gasteiger partial charge in [0.05, 0.1) is 16.9 Å². The highest BCUT2D eigenvalue weighted by molar-refractivity contribution is 5.68. The number of halogens is 3. The van der Waals surface area contributed by atoms with Crippen LogP contribution in [0.4, 0.5) is 30.2 Å². The number of anilines is 3. The zero-order valence-electron chi connectivity index (χ0n) is 16.6. The number of hydrogen-bond acceptors (Lipinski definition) is 3. The van der Waals surface area contributed by atoms with E-state index < -0.39 is 11.7 Å². The summed E-state index contributed by atoms with van der Waals surface area (Å²) >= 11 is 0. The van der Waals surface area contributed by atoms with Crippen LogP contribution in [0.15, 0.2) is 42.5 Å². The van der Waals surface area contributed by atoms with Crippen LogP contribution in [0.25, 0.3) is 0 Å². The summed E-state index contributed by atoms with van der Waals surface area (Å²) in [6.07, 6.45) is -2.49. The van der Waals surface area contributed by atoms with Crippen LogP contribution in [0.2, 0.25) is 0 Å². The van der Waals surface area contributed by atoms with E-state index in [1.165, 1.54) is 5.56 Å². The maximum Gasteiger partial charge on any atom is 0.416 e. The fraction of sp³-hybridized carbons (Fsp3) is 0.455. The van der Waals surface area contributed by atoms with Gasteiger partial charge in [0.1, 0.15) is 0 Å². The van der Waals surface area contributed by atoms with Gasteiger partial charge in [-0.05, 0) is 60.2 Å². The van der Waals surface area contributed by atoms with Crippen molar-refractivity contribution in [3.8, 4) is 0 Å². The van der Waals surface area contributed by atoms with Gasteiger partial charge in [0, 0.05) is 24.8 Å². The minimum absolute atomic E-state index is 0.0517. The molecule has 1 aliphatic rings. The van der Waals surface area contributed by atoms with Gasteiger partial charge in [-0.25, -0.2) is 0 Å². The third-order valence-corrected chi connectivity index (χ3v) is 5.33. The molecular formula is C22H28F3N3. The monoisotopic (exact) mass is 391 g/mol. The molecular weight excluding hydrogens is 363 g/mol. The highest BCUT2D eigenvalue weighted by Gasteiger charge is 2.30. The molecule has 0 aromatic heterocycles. The van der Waals surface area contributed by atoms with E-state index in [-0.39, 0.29) is 5.41 Å². The number of rotatable bonds is 3. The first-order chi connectivity index (χ1) is 13.0. The molecule has 1 heterocycles. The molecule has 0 bridgehead atoms. The van der Waals surface area contributed by atoms with Gasteiger partial charge in [-0.1, -0.05) is 26.8 Å². The Morgan fingerprint density at radius 2 is 1.50 bits per heavy atom. The van der Waals surface area contributed by atoms with Crippen molar-refractivity contribution in [1.29, 1.82) is 0 Å². The topological polar surface area (TPSA) is 41.3 Å². The number of hydrogen-bond donors (Lipinski definition) is 2. The van der Waals surface area contributed by atoms with Gasteiger partial charge in [0.25, 0.3) is 0 Å². The van der Waals surface area contributed by atoms with Crippen molar-refractivity contribution >= 4 is 17.1 Å². The van der Waals surface area contributed by atoms with Crippen molar-refractivity contribution in [2.75, 3.05) is 29.0 Å². The Morgan fingerprint density at radius 3 is 2.04 bits per heavy atom. The number of benzene rings is 2. The molecule has 3 N–H and O–H groups in total. The number of nitrogens with two attached hydrogens (primary N) is 1. The minimum atomic E-state index is -4.29. The SMILES string of the molecule is CC(C)(C)c1ccc(N)c(NC2CCN(c3ccc(C(F)(F)F)cc3)CC2)c1. The smallest absolute Gasteiger partial charge is 0.397 e. The molecule has 0 atom stereocenters. The normalized spacial score (nSPS) is 16.3. The van der Waals surface area contributed by atoms with Crippen molar-refractivity contribution in [2.24, 2.45) is 0 Å². The van der Waals surface area contributed by atoms with Crippen LogP contribution in [-0.4, -0.2) is 19.1 Å². The van der Waals surface area contributed by atoms with E-state index in [0.29, 0.717) is 6.04 Å². The van der Waals surface area contributed by atoms with Crippen molar-refractivity contribution in [1.82, 2.24) is 0 Å². The molecule has 28 heavy (non-hydrogen) atoms. The van der Waals surface area contributed by atoms with Crippen LogP contribution in [-0.2, 0) is 11.6 Å². The van der Waals surface area contributed by atoms with Crippen LogP contribution < -0.4 is 16.0 Å². The molecule has 6 heteroatoms. The molecule has 3 nitrogen and oxygen atoms in total. The molecule has 0 unspecified atom stereocenters. The Hall–Kier alpha value is -2.37. The summed E-state index contributed by atoms with van der Waals surface area (Å²) in [6.45, 7) is 8.10. The molecule has 0 aliphatic carbocycles. The van der Waals surface area contributed by atoms with Gasteiger partial charge in [-0.3, -0.25) is 0 Å². The fourth-order valence-corrected chi connectivity index (χ4v) is 3.51. The van der Waals surface area contributed by atoms with Gasteiger partial charge in [0.15, 0.2) is 0 Å². The van der Waals surface area contributed by atoms with Gasteiger partial charge in [-0.15, -0.1) is 0 Å². The third kappa shape index (κ3) is 4.72. The molecule has 0 spiro atoms.